The second kappa shape index (κ2) is 4.34. The minimum Gasteiger partial charge on any atom is -0.354 e. The molecule has 1 aromatic rings. The summed E-state index contributed by atoms with van der Waals surface area (Å²) in [5.74, 6) is -0.666. The Hall–Kier alpha value is -1.85. The minimum atomic E-state index is -4.60. The highest BCUT2D eigenvalue weighted by molar-refractivity contribution is 5.92. The molecule has 0 aromatic carbocycles. The molecule has 86 valence electrons. The number of nitrogens with one attached hydrogen (secondary N) is 1. The molecule has 1 N–H and O–H groups in total. The van der Waals surface area contributed by atoms with Crippen LogP contribution in [-0.2, 0) is 6.18 Å². The van der Waals surface area contributed by atoms with Gasteiger partial charge in [0.1, 0.15) is 5.69 Å². The van der Waals surface area contributed by atoms with Crippen molar-refractivity contribution in [2.24, 2.45) is 0 Å². The first-order valence-electron chi connectivity index (χ1n) is 4.33. The number of hydrogen-bond acceptors (Lipinski definition) is 2. The first-order chi connectivity index (χ1) is 7.40. The van der Waals surface area contributed by atoms with Crippen LogP contribution in [0.3, 0.4) is 0 Å². The summed E-state index contributed by atoms with van der Waals surface area (Å²) in [4.78, 5) is 14.4. The van der Waals surface area contributed by atoms with E-state index in [4.69, 9.17) is 0 Å². The Morgan fingerprint density at radius 3 is 2.56 bits per heavy atom. The van der Waals surface area contributed by atoms with E-state index in [0.29, 0.717) is 0 Å². The van der Waals surface area contributed by atoms with E-state index in [1.165, 1.54) is 13.1 Å². The van der Waals surface area contributed by atoms with Gasteiger partial charge in [0.05, 0.1) is 0 Å². The summed E-state index contributed by atoms with van der Waals surface area (Å²) in [6, 6.07) is 2.37. The largest absolute Gasteiger partial charge is 0.433 e. The van der Waals surface area contributed by atoms with Crippen molar-refractivity contribution in [2.45, 2.75) is 6.18 Å². The van der Waals surface area contributed by atoms with Crippen LogP contribution in [0.15, 0.2) is 18.7 Å². The molecule has 0 aliphatic rings. The van der Waals surface area contributed by atoms with Gasteiger partial charge >= 0.3 is 6.18 Å². The SMILES string of the molecule is C=Cc1ccc(C(=O)NC)nc1C(F)(F)F. The second-order valence-electron chi connectivity index (χ2n) is 2.92. The number of carbonyl (C=O) groups excluding carboxylic acids is 1. The first kappa shape index (κ1) is 12.2. The molecule has 3 nitrogen and oxygen atoms in total. The van der Waals surface area contributed by atoms with Crippen molar-refractivity contribution < 1.29 is 18.0 Å². The molecule has 0 saturated carbocycles. The predicted octanol–water partition coefficient (Wildman–Crippen LogP) is 2.10. The Labute approximate surface area is 90.0 Å². The number of halogens is 3. The molecule has 0 aliphatic carbocycles. The first-order valence-corrected chi connectivity index (χ1v) is 4.33. The fraction of sp³-hybridized carbons (Fsp3) is 0.200. The number of rotatable bonds is 2. The van der Waals surface area contributed by atoms with Crippen LogP contribution in [0.25, 0.3) is 6.08 Å². The summed E-state index contributed by atoms with van der Waals surface area (Å²) >= 11 is 0. The number of hydrogen-bond donors (Lipinski definition) is 1. The van der Waals surface area contributed by atoms with E-state index in [-0.39, 0.29) is 11.3 Å². The summed E-state index contributed by atoms with van der Waals surface area (Å²) < 4.78 is 37.6. The average Bonchev–Trinajstić information content (AvgIpc) is 2.26. The molecule has 0 saturated heterocycles. The maximum Gasteiger partial charge on any atom is 0.433 e. The normalized spacial score (nSPS) is 11.0. The molecule has 0 spiro atoms. The van der Waals surface area contributed by atoms with E-state index in [1.807, 2.05) is 0 Å². The third-order valence-corrected chi connectivity index (χ3v) is 1.87. The molecule has 1 amide bonds. The zero-order valence-electron chi connectivity index (χ0n) is 8.43. The number of amides is 1. The van der Waals surface area contributed by atoms with Crippen molar-refractivity contribution in [3.8, 4) is 0 Å². The van der Waals surface area contributed by atoms with Gasteiger partial charge < -0.3 is 5.32 Å². The van der Waals surface area contributed by atoms with Crippen LogP contribution in [0.1, 0.15) is 21.7 Å². The lowest BCUT2D eigenvalue weighted by molar-refractivity contribution is -0.141. The molecule has 16 heavy (non-hydrogen) atoms. The standard InChI is InChI=1S/C10H9F3N2O/c1-3-6-4-5-7(9(16)14-2)15-8(6)10(11,12)13/h3-5H,1H2,2H3,(H,14,16). The molecule has 6 heteroatoms. The lowest BCUT2D eigenvalue weighted by atomic mass is 10.1. The molecular weight excluding hydrogens is 221 g/mol. The van der Waals surface area contributed by atoms with Crippen LogP contribution >= 0.6 is 0 Å². The number of pyridine rings is 1. The Kier molecular flexibility index (Phi) is 3.31. The maximum atomic E-state index is 12.5. The van der Waals surface area contributed by atoms with Crippen molar-refractivity contribution in [3.63, 3.8) is 0 Å². The molecule has 0 unspecified atom stereocenters. The van der Waals surface area contributed by atoms with Gasteiger partial charge in [0, 0.05) is 12.6 Å². The third kappa shape index (κ3) is 2.39. The van der Waals surface area contributed by atoms with E-state index in [2.05, 4.69) is 16.9 Å². The molecule has 1 heterocycles. The van der Waals surface area contributed by atoms with Crippen molar-refractivity contribution in [1.82, 2.24) is 10.3 Å². The van der Waals surface area contributed by atoms with Gasteiger partial charge in [-0.2, -0.15) is 13.2 Å². The van der Waals surface area contributed by atoms with Crippen molar-refractivity contribution >= 4 is 12.0 Å². The Morgan fingerprint density at radius 1 is 1.50 bits per heavy atom. The van der Waals surface area contributed by atoms with Crippen LogP contribution in [0, 0.1) is 0 Å². The molecule has 0 bridgehead atoms. The Morgan fingerprint density at radius 2 is 2.12 bits per heavy atom. The minimum absolute atomic E-state index is 0.153. The smallest absolute Gasteiger partial charge is 0.354 e. The van der Waals surface area contributed by atoms with E-state index >= 15 is 0 Å². The maximum absolute atomic E-state index is 12.5. The van der Waals surface area contributed by atoms with Gasteiger partial charge in [-0.25, -0.2) is 4.98 Å². The summed E-state index contributed by atoms with van der Waals surface area (Å²) in [6.07, 6.45) is -3.56. The summed E-state index contributed by atoms with van der Waals surface area (Å²) in [6.45, 7) is 3.26. The zero-order chi connectivity index (χ0) is 12.3. The van der Waals surface area contributed by atoms with Gasteiger partial charge in [-0.15, -0.1) is 0 Å². The molecule has 0 atom stereocenters. The van der Waals surface area contributed by atoms with Gasteiger partial charge in [0.25, 0.3) is 5.91 Å². The summed E-state index contributed by atoms with van der Waals surface area (Å²) in [7, 11) is 1.32. The van der Waals surface area contributed by atoms with Gasteiger partial charge in [-0.05, 0) is 6.07 Å². The van der Waals surface area contributed by atoms with Crippen molar-refractivity contribution in [1.29, 1.82) is 0 Å². The van der Waals surface area contributed by atoms with Gasteiger partial charge in [0.2, 0.25) is 0 Å². The number of carbonyl (C=O) groups is 1. The monoisotopic (exact) mass is 230 g/mol. The Bertz CT molecular complexity index is 427. The molecule has 0 fully saturated rings. The number of alkyl halides is 3. The summed E-state index contributed by atoms with van der Waals surface area (Å²) in [5, 5.41) is 2.20. The highest BCUT2D eigenvalue weighted by Crippen LogP contribution is 2.31. The van der Waals surface area contributed by atoms with E-state index in [1.54, 1.807) is 0 Å². The van der Waals surface area contributed by atoms with E-state index < -0.39 is 17.8 Å². The topological polar surface area (TPSA) is 42.0 Å². The van der Waals surface area contributed by atoms with Gasteiger partial charge in [-0.1, -0.05) is 18.7 Å². The quantitative estimate of drug-likeness (QED) is 0.845. The summed E-state index contributed by atoms with van der Waals surface area (Å²) in [5.41, 5.74) is -1.54. The van der Waals surface area contributed by atoms with E-state index in [0.717, 1.165) is 12.1 Å². The van der Waals surface area contributed by atoms with Crippen LogP contribution in [0.5, 0.6) is 0 Å². The van der Waals surface area contributed by atoms with Crippen LogP contribution < -0.4 is 5.32 Å². The number of aromatic nitrogens is 1. The molecule has 1 aromatic heterocycles. The zero-order valence-corrected chi connectivity index (χ0v) is 8.43. The molecule has 0 aliphatic heterocycles. The van der Waals surface area contributed by atoms with Crippen LogP contribution in [0.2, 0.25) is 0 Å². The van der Waals surface area contributed by atoms with Crippen LogP contribution in [-0.4, -0.2) is 17.9 Å². The van der Waals surface area contributed by atoms with Crippen molar-refractivity contribution in [3.05, 3.63) is 35.7 Å². The molecule has 0 radical (unpaired) electrons. The number of nitrogens with zero attached hydrogens (tertiary/aromatic N) is 1. The lowest BCUT2D eigenvalue weighted by Crippen LogP contribution is -2.21. The second-order valence-corrected chi connectivity index (χ2v) is 2.92. The fourth-order valence-electron chi connectivity index (χ4n) is 1.12. The third-order valence-electron chi connectivity index (χ3n) is 1.87. The lowest BCUT2D eigenvalue weighted by Gasteiger charge is -2.10. The van der Waals surface area contributed by atoms with Gasteiger partial charge in [0.15, 0.2) is 5.69 Å². The van der Waals surface area contributed by atoms with Crippen LogP contribution in [0.4, 0.5) is 13.2 Å². The molecule has 1 rings (SSSR count). The highest BCUT2D eigenvalue weighted by atomic mass is 19.4. The molecular formula is C10H9F3N2O. The average molecular weight is 230 g/mol. The van der Waals surface area contributed by atoms with Gasteiger partial charge in [-0.3, -0.25) is 4.79 Å². The predicted molar refractivity (Wildman–Crippen MR) is 52.7 cm³/mol. The van der Waals surface area contributed by atoms with Crippen molar-refractivity contribution in [2.75, 3.05) is 7.05 Å². The Balaban J connectivity index is 3.33. The van der Waals surface area contributed by atoms with E-state index in [9.17, 15) is 18.0 Å². The highest BCUT2D eigenvalue weighted by Gasteiger charge is 2.35. The fourth-order valence-corrected chi connectivity index (χ4v) is 1.12.